The predicted molar refractivity (Wildman–Crippen MR) is 146 cm³/mol. The molecular weight excluding hydrogens is 498 g/mol. The van der Waals surface area contributed by atoms with E-state index in [9.17, 15) is 18.0 Å². The van der Waals surface area contributed by atoms with Crippen LogP contribution < -0.4 is 14.9 Å². The number of nitrogens with zero attached hydrogens (tertiary/aromatic N) is 1. The molecule has 0 aliphatic heterocycles. The topological polar surface area (TPSA) is 95.6 Å². The Bertz CT molecular complexity index is 1370. The number of hydrogen-bond donors (Lipinski definition) is 2. The van der Waals surface area contributed by atoms with E-state index in [0.717, 1.165) is 16.1 Å². The number of rotatable bonds is 7. The van der Waals surface area contributed by atoms with E-state index in [-0.39, 0.29) is 17.0 Å². The van der Waals surface area contributed by atoms with Crippen LogP contribution >= 0.6 is 11.6 Å². The lowest BCUT2D eigenvalue weighted by molar-refractivity contribution is -0.116. The molecule has 9 heteroatoms. The van der Waals surface area contributed by atoms with Crippen LogP contribution in [0.15, 0.2) is 72.8 Å². The van der Waals surface area contributed by atoms with Gasteiger partial charge in [0, 0.05) is 22.0 Å². The Hall–Kier alpha value is -3.36. The molecule has 0 spiro atoms. The zero-order valence-corrected chi connectivity index (χ0v) is 22.4. The quantitative estimate of drug-likeness (QED) is 0.413. The summed E-state index contributed by atoms with van der Waals surface area (Å²) in [6, 6.07) is 19.3. The molecule has 3 aromatic rings. The Kier molecular flexibility index (Phi) is 8.11. The summed E-state index contributed by atoms with van der Waals surface area (Å²) in [7, 11) is -3.78. The molecule has 1 atom stereocenters. The summed E-state index contributed by atoms with van der Waals surface area (Å²) in [5.74, 6) is -0.821. The lowest BCUT2D eigenvalue weighted by atomic mass is 9.87. The summed E-state index contributed by atoms with van der Waals surface area (Å²) in [5, 5.41) is 5.91. The number of carbonyl (C=O) groups is 2. The fraction of sp³-hybridized carbons (Fsp3) is 0.259. The van der Waals surface area contributed by atoms with Crippen LogP contribution in [0, 0.1) is 0 Å². The first-order valence-corrected chi connectivity index (χ1v) is 13.6. The van der Waals surface area contributed by atoms with Gasteiger partial charge in [0.2, 0.25) is 15.9 Å². The van der Waals surface area contributed by atoms with E-state index in [2.05, 4.69) is 31.4 Å². The third-order valence-corrected chi connectivity index (χ3v) is 7.03. The molecule has 7 nitrogen and oxygen atoms in total. The van der Waals surface area contributed by atoms with Gasteiger partial charge in [-0.25, -0.2) is 8.42 Å². The highest BCUT2D eigenvalue weighted by molar-refractivity contribution is 7.92. The maximum Gasteiger partial charge on any atom is 0.255 e. The van der Waals surface area contributed by atoms with Crippen LogP contribution in [0.1, 0.15) is 43.6 Å². The molecule has 3 aromatic carbocycles. The van der Waals surface area contributed by atoms with Crippen LogP contribution in [0.5, 0.6) is 0 Å². The molecule has 0 aliphatic rings. The van der Waals surface area contributed by atoms with E-state index >= 15 is 0 Å². The zero-order chi connectivity index (χ0) is 26.7. The summed E-state index contributed by atoms with van der Waals surface area (Å²) in [5.41, 5.74) is 2.80. The Morgan fingerprint density at radius 1 is 0.889 bits per heavy atom. The molecule has 3 rings (SSSR count). The lowest BCUT2D eigenvalue weighted by Gasteiger charge is -2.28. The van der Waals surface area contributed by atoms with Gasteiger partial charge < -0.3 is 10.6 Å². The van der Waals surface area contributed by atoms with Crippen LogP contribution in [-0.4, -0.2) is 32.5 Å². The second-order valence-electron chi connectivity index (χ2n) is 9.57. The predicted octanol–water partition coefficient (Wildman–Crippen LogP) is 5.68. The molecular formula is C27H30ClN3O4S. The second-order valence-corrected chi connectivity index (χ2v) is 11.9. The average molecular weight is 528 g/mol. The molecule has 0 unspecified atom stereocenters. The van der Waals surface area contributed by atoms with Crippen molar-refractivity contribution in [3.05, 3.63) is 88.9 Å². The smallest absolute Gasteiger partial charge is 0.255 e. The molecule has 0 saturated carbocycles. The standard InChI is InChI=1S/C27H30ClN3O4S/c1-18(31(36(5,34)35)24-11-6-8-21(28)16-24)25(32)29-22-9-7-10-23(17-22)30-26(33)19-12-14-20(15-13-19)27(2,3)4/h6-18H,1-5H3,(H,29,32)(H,30,33)/t18-/m0/s1. The number of hydrogen-bond acceptors (Lipinski definition) is 4. The molecule has 0 bridgehead atoms. The van der Waals surface area contributed by atoms with Crippen LogP contribution in [0.2, 0.25) is 5.02 Å². The molecule has 0 fully saturated rings. The van der Waals surface area contributed by atoms with Crippen molar-refractivity contribution < 1.29 is 18.0 Å². The third kappa shape index (κ3) is 6.86. The summed E-state index contributed by atoms with van der Waals surface area (Å²) < 4.78 is 26.0. The van der Waals surface area contributed by atoms with Gasteiger partial charge in [-0.1, -0.05) is 56.6 Å². The first-order valence-electron chi connectivity index (χ1n) is 11.3. The van der Waals surface area contributed by atoms with Gasteiger partial charge in [-0.05, 0) is 66.4 Å². The highest BCUT2D eigenvalue weighted by atomic mass is 35.5. The largest absolute Gasteiger partial charge is 0.324 e. The summed E-state index contributed by atoms with van der Waals surface area (Å²) >= 11 is 6.03. The molecule has 190 valence electrons. The van der Waals surface area contributed by atoms with E-state index in [0.29, 0.717) is 22.0 Å². The van der Waals surface area contributed by atoms with Gasteiger partial charge in [0.1, 0.15) is 6.04 Å². The number of amides is 2. The molecule has 2 N–H and O–H groups in total. The summed E-state index contributed by atoms with van der Waals surface area (Å²) in [4.78, 5) is 25.7. The van der Waals surface area contributed by atoms with Gasteiger partial charge in [-0.2, -0.15) is 0 Å². The van der Waals surface area contributed by atoms with Gasteiger partial charge >= 0.3 is 0 Å². The molecule has 36 heavy (non-hydrogen) atoms. The van der Waals surface area contributed by atoms with Crippen molar-refractivity contribution in [1.82, 2.24) is 0 Å². The van der Waals surface area contributed by atoms with E-state index in [1.165, 1.54) is 13.0 Å². The Morgan fingerprint density at radius 3 is 2.03 bits per heavy atom. The molecule has 0 heterocycles. The van der Waals surface area contributed by atoms with Crippen LogP contribution in [0.3, 0.4) is 0 Å². The zero-order valence-electron chi connectivity index (χ0n) is 20.9. The number of carbonyl (C=O) groups excluding carboxylic acids is 2. The van der Waals surface area contributed by atoms with Crippen molar-refractivity contribution >= 4 is 50.5 Å². The van der Waals surface area contributed by atoms with Crippen molar-refractivity contribution in [3.63, 3.8) is 0 Å². The number of anilines is 3. The van der Waals surface area contributed by atoms with Crippen molar-refractivity contribution in [2.45, 2.75) is 39.2 Å². The summed E-state index contributed by atoms with van der Waals surface area (Å²) in [6.07, 6.45) is 1.03. The Morgan fingerprint density at radius 2 is 1.47 bits per heavy atom. The third-order valence-electron chi connectivity index (χ3n) is 5.55. The Balaban J connectivity index is 1.74. The normalized spacial score (nSPS) is 12.5. The maximum absolute atomic E-state index is 13.0. The van der Waals surface area contributed by atoms with Gasteiger partial charge in [0.05, 0.1) is 11.9 Å². The molecule has 0 saturated heterocycles. The van der Waals surface area contributed by atoms with E-state index in [1.807, 2.05) is 12.1 Å². The number of halogens is 1. The van der Waals surface area contributed by atoms with Gasteiger partial charge in [-0.15, -0.1) is 0 Å². The minimum atomic E-state index is -3.78. The van der Waals surface area contributed by atoms with Crippen molar-refractivity contribution in [2.75, 3.05) is 21.2 Å². The molecule has 0 aromatic heterocycles. The van der Waals surface area contributed by atoms with Crippen molar-refractivity contribution in [3.8, 4) is 0 Å². The lowest BCUT2D eigenvalue weighted by Crippen LogP contribution is -2.45. The minimum absolute atomic E-state index is 0.0157. The fourth-order valence-electron chi connectivity index (χ4n) is 3.67. The van der Waals surface area contributed by atoms with Gasteiger partial charge in [-0.3, -0.25) is 13.9 Å². The number of sulfonamides is 1. The summed E-state index contributed by atoms with van der Waals surface area (Å²) in [6.45, 7) is 7.80. The second kappa shape index (κ2) is 10.7. The van der Waals surface area contributed by atoms with E-state index < -0.39 is 22.0 Å². The highest BCUT2D eigenvalue weighted by Crippen LogP contribution is 2.26. The first-order chi connectivity index (χ1) is 16.8. The highest BCUT2D eigenvalue weighted by Gasteiger charge is 2.29. The van der Waals surface area contributed by atoms with Crippen LogP contribution in [0.4, 0.5) is 17.1 Å². The van der Waals surface area contributed by atoms with Gasteiger partial charge in [0.25, 0.3) is 5.91 Å². The van der Waals surface area contributed by atoms with Crippen molar-refractivity contribution in [2.24, 2.45) is 0 Å². The van der Waals surface area contributed by atoms with Crippen molar-refractivity contribution in [1.29, 1.82) is 0 Å². The Labute approximate surface area is 217 Å². The molecule has 0 radical (unpaired) electrons. The van der Waals surface area contributed by atoms with Gasteiger partial charge in [0.15, 0.2) is 0 Å². The maximum atomic E-state index is 13.0. The van der Waals surface area contributed by atoms with Crippen LogP contribution in [-0.2, 0) is 20.2 Å². The minimum Gasteiger partial charge on any atom is -0.324 e. The fourth-order valence-corrected chi connectivity index (χ4v) is 5.02. The van der Waals surface area contributed by atoms with E-state index in [1.54, 1.807) is 54.6 Å². The van der Waals surface area contributed by atoms with E-state index in [4.69, 9.17) is 11.6 Å². The first kappa shape index (κ1) is 27.2. The average Bonchev–Trinajstić information content (AvgIpc) is 2.78. The number of nitrogens with one attached hydrogen (secondary N) is 2. The SMILES string of the molecule is C[C@@H](C(=O)Nc1cccc(NC(=O)c2ccc(C(C)(C)C)cc2)c1)N(c1cccc(Cl)c1)S(C)(=O)=O. The number of benzene rings is 3. The molecule has 0 aliphatic carbocycles. The monoisotopic (exact) mass is 527 g/mol. The van der Waals surface area contributed by atoms with Crippen LogP contribution in [0.25, 0.3) is 0 Å². The molecule has 2 amide bonds.